The van der Waals surface area contributed by atoms with Crippen molar-refractivity contribution in [1.82, 2.24) is 0 Å². The topological polar surface area (TPSA) is 95.4 Å². The molecule has 5 heteroatoms. The van der Waals surface area contributed by atoms with Crippen molar-refractivity contribution >= 4 is 17.6 Å². The van der Waals surface area contributed by atoms with Crippen LogP contribution in [0.5, 0.6) is 0 Å². The van der Waals surface area contributed by atoms with Crippen molar-refractivity contribution in [2.45, 2.75) is 12.8 Å². The Kier molecular flexibility index (Phi) is 3.88. The summed E-state index contributed by atoms with van der Waals surface area (Å²) < 4.78 is 4.71. The summed E-state index contributed by atoms with van der Waals surface area (Å²) in [6.07, 6.45) is 0. The van der Waals surface area contributed by atoms with Crippen molar-refractivity contribution < 1.29 is 14.3 Å². The summed E-state index contributed by atoms with van der Waals surface area (Å²) in [5, 5.41) is 0. The van der Waals surface area contributed by atoms with Crippen LogP contribution >= 0.6 is 0 Å². The second kappa shape index (κ2) is 5.16. The van der Waals surface area contributed by atoms with E-state index in [1.807, 2.05) is 0 Å². The second-order valence-corrected chi connectivity index (χ2v) is 3.47. The summed E-state index contributed by atoms with van der Waals surface area (Å²) in [5.74, 6) is -1.64. The van der Waals surface area contributed by atoms with E-state index < -0.39 is 24.4 Å². The van der Waals surface area contributed by atoms with Gasteiger partial charge < -0.3 is 16.2 Å². The van der Waals surface area contributed by atoms with E-state index in [1.165, 1.54) is 0 Å². The van der Waals surface area contributed by atoms with E-state index in [0.717, 1.165) is 5.56 Å². The molecule has 86 valence electrons. The van der Waals surface area contributed by atoms with Crippen LogP contribution in [0.4, 0.5) is 5.69 Å². The summed E-state index contributed by atoms with van der Waals surface area (Å²) in [6, 6.07) is 6.94. The molecule has 4 N–H and O–H groups in total. The highest BCUT2D eigenvalue weighted by Gasteiger charge is 2.17. The average molecular weight is 222 g/mol. The summed E-state index contributed by atoms with van der Waals surface area (Å²) in [4.78, 5) is 21.9. The number of rotatable bonds is 4. The molecule has 0 fully saturated rings. The van der Waals surface area contributed by atoms with Crippen molar-refractivity contribution in [3.05, 3.63) is 29.8 Å². The lowest BCUT2D eigenvalue weighted by Crippen LogP contribution is -2.23. The highest BCUT2D eigenvalue weighted by molar-refractivity contribution is 5.82. The lowest BCUT2D eigenvalue weighted by atomic mass is 10.0. The van der Waals surface area contributed by atoms with Gasteiger partial charge in [0.1, 0.15) is 0 Å². The van der Waals surface area contributed by atoms with Crippen molar-refractivity contribution in [3.8, 4) is 0 Å². The zero-order valence-corrected chi connectivity index (χ0v) is 8.97. The molecule has 0 saturated carbocycles. The Bertz CT molecular complexity index is 404. The molecule has 0 radical (unpaired) electrons. The number of nitrogens with two attached hydrogens (primary N) is 2. The van der Waals surface area contributed by atoms with Gasteiger partial charge in [-0.2, -0.15) is 0 Å². The molecule has 0 saturated heterocycles. The van der Waals surface area contributed by atoms with Gasteiger partial charge >= 0.3 is 5.97 Å². The number of hydrogen-bond acceptors (Lipinski definition) is 4. The minimum atomic E-state index is -0.673. The predicted octanol–water partition coefficient (Wildman–Crippen LogP) is 0.401. The van der Waals surface area contributed by atoms with Gasteiger partial charge in [0.25, 0.3) is 5.91 Å². The standard InChI is InChI=1S/C11H14N2O3/c1-7(11(15)16-6-10(13)14)8-3-2-4-9(12)5-8/h2-5,7H,6,12H2,1H3,(H2,13,14). The molecule has 0 aliphatic rings. The monoisotopic (exact) mass is 222 g/mol. The lowest BCUT2D eigenvalue weighted by molar-refractivity contribution is -0.148. The summed E-state index contributed by atoms with van der Waals surface area (Å²) in [6.45, 7) is 1.28. The number of benzene rings is 1. The average Bonchev–Trinajstić information content (AvgIpc) is 2.24. The molecule has 0 aliphatic carbocycles. The molecule has 0 heterocycles. The fraction of sp³-hybridized carbons (Fsp3) is 0.273. The van der Waals surface area contributed by atoms with Gasteiger partial charge in [0.05, 0.1) is 5.92 Å². The maximum absolute atomic E-state index is 11.5. The van der Waals surface area contributed by atoms with Crippen molar-refractivity contribution in [2.75, 3.05) is 12.3 Å². The van der Waals surface area contributed by atoms with Crippen LogP contribution < -0.4 is 11.5 Å². The number of amides is 1. The summed E-state index contributed by atoms with van der Waals surface area (Å²) in [5.41, 5.74) is 11.8. The van der Waals surface area contributed by atoms with Crippen LogP contribution in [-0.2, 0) is 14.3 Å². The Morgan fingerprint density at radius 1 is 1.44 bits per heavy atom. The normalized spacial score (nSPS) is 11.8. The number of anilines is 1. The first-order chi connectivity index (χ1) is 7.50. The molecule has 1 aromatic carbocycles. The Hall–Kier alpha value is -2.04. The van der Waals surface area contributed by atoms with E-state index in [1.54, 1.807) is 31.2 Å². The van der Waals surface area contributed by atoms with Crippen molar-refractivity contribution in [2.24, 2.45) is 5.73 Å². The van der Waals surface area contributed by atoms with Gasteiger partial charge in [-0.25, -0.2) is 0 Å². The minimum absolute atomic E-state index is 0.397. The molecule has 1 atom stereocenters. The van der Waals surface area contributed by atoms with Crippen LogP contribution in [0.15, 0.2) is 24.3 Å². The van der Waals surface area contributed by atoms with E-state index in [-0.39, 0.29) is 0 Å². The quantitative estimate of drug-likeness (QED) is 0.569. The van der Waals surface area contributed by atoms with Crippen molar-refractivity contribution in [3.63, 3.8) is 0 Å². The Balaban J connectivity index is 2.66. The van der Waals surface area contributed by atoms with Gasteiger partial charge in [-0.15, -0.1) is 0 Å². The number of carbonyl (C=O) groups is 2. The van der Waals surface area contributed by atoms with Crippen LogP contribution in [0.3, 0.4) is 0 Å². The first-order valence-electron chi connectivity index (χ1n) is 4.81. The Morgan fingerprint density at radius 2 is 2.12 bits per heavy atom. The van der Waals surface area contributed by atoms with E-state index in [0.29, 0.717) is 5.69 Å². The first-order valence-corrected chi connectivity index (χ1v) is 4.81. The second-order valence-electron chi connectivity index (χ2n) is 3.47. The van der Waals surface area contributed by atoms with Gasteiger partial charge in [-0.1, -0.05) is 12.1 Å². The summed E-state index contributed by atoms with van der Waals surface area (Å²) in [7, 11) is 0. The lowest BCUT2D eigenvalue weighted by Gasteiger charge is -2.11. The van der Waals surface area contributed by atoms with E-state index >= 15 is 0 Å². The maximum Gasteiger partial charge on any atom is 0.313 e. The third-order valence-corrected chi connectivity index (χ3v) is 2.12. The highest BCUT2D eigenvalue weighted by atomic mass is 16.5. The molecule has 1 amide bonds. The Labute approximate surface area is 93.4 Å². The van der Waals surface area contributed by atoms with Gasteiger partial charge in [0.15, 0.2) is 6.61 Å². The number of carbonyl (C=O) groups excluding carboxylic acids is 2. The zero-order valence-electron chi connectivity index (χ0n) is 8.97. The van der Waals surface area contributed by atoms with Gasteiger partial charge in [-0.05, 0) is 24.6 Å². The van der Waals surface area contributed by atoms with Crippen LogP contribution in [0.1, 0.15) is 18.4 Å². The van der Waals surface area contributed by atoms with E-state index in [2.05, 4.69) is 0 Å². The van der Waals surface area contributed by atoms with Gasteiger partial charge in [0.2, 0.25) is 0 Å². The third kappa shape index (κ3) is 3.27. The molecule has 16 heavy (non-hydrogen) atoms. The van der Waals surface area contributed by atoms with Gasteiger partial charge in [-0.3, -0.25) is 9.59 Å². The minimum Gasteiger partial charge on any atom is -0.455 e. The van der Waals surface area contributed by atoms with Crippen LogP contribution in [0.25, 0.3) is 0 Å². The first kappa shape index (κ1) is 12.0. The van der Waals surface area contributed by atoms with Crippen LogP contribution in [0.2, 0.25) is 0 Å². The third-order valence-electron chi connectivity index (χ3n) is 2.12. The molecule has 0 spiro atoms. The molecule has 1 unspecified atom stereocenters. The number of primary amides is 1. The van der Waals surface area contributed by atoms with Crippen LogP contribution in [-0.4, -0.2) is 18.5 Å². The number of ether oxygens (including phenoxy) is 1. The van der Waals surface area contributed by atoms with Crippen molar-refractivity contribution in [1.29, 1.82) is 0 Å². The van der Waals surface area contributed by atoms with Gasteiger partial charge in [0, 0.05) is 5.69 Å². The fourth-order valence-electron chi connectivity index (χ4n) is 1.23. The summed E-state index contributed by atoms with van der Waals surface area (Å²) >= 11 is 0. The molecule has 1 rings (SSSR count). The van der Waals surface area contributed by atoms with Crippen LogP contribution in [0, 0.1) is 0 Å². The maximum atomic E-state index is 11.5. The molecular weight excluding hydrogens is 208 g/mol. The smallest absolute Gasteiger partial charge is 0.313 e. The van der Waals surface area contributed by atoms with E-state index in [9.17, 15) is 9.59 Å². The number of esters is 1. The highest BCUT2D eigenvalue weighted by Crippen LogP contribution is 2.18. The zero-order chi connectivity index (χ0) is 12.1. The molecule has 0 aliphatic heterocycles. The number of hydrogen-bond donors (Lipinski definition) is 2. The largest absolute Gasteiger partial charge is 0.455 e. The SMILES string of the molecule is CC(C(=O)OCC(N)=O)c1cccc(N)c1. The van der Waals surface area contributed by atoms with E-state index in [4.69, 9.17) is 16.2 Å². The Morgan fingerprint density at radius 3 is 2.69 bits per heavy atom. The molecule has 0 aromatic heterocycles. The molecule has 5 nitrogen and oxygen atoms in total. The fourth-order valence-corrected chi connectivity index (χ4v) is 1.23. The molecule has 1 aromatic rings. The predicted molar refractivity (Wildman–Crippen MR) is 59.4 cm³/mol. The number of nitrogen functional groups attached to an aromatic ring is 1. The molecule has 0 bridgehead atoms. The molecular formula is C11H14N2O3.